The fraction of sp³-hybridized carbons (Fsp3) is 0.462. The van der Waals surface area contributed by atoms with E-state index in [0.717, 1.165) is 19.5 Å². The van der Waals surface area contributed by atoms with Crippen molar-refractivity contribution in [3.05, 3.63) is 30.1 Å². The van der Waals surface area contributed by atoms with Gasteiger partial charge in [-0.25, -0.2) is 4.39 Å². The maximum atomic E-state index is 13.0. The summed E-state index contributed by atoms with van der Waals surface area (Å²) in [5.41, 5.74) is 0.498. The summed E-state index contributed by atoms with van der Waals surface area (Å²) in [5.74, 6) is -0.462. The molecule has 0 saturated carbocycles. The third kappa shape index (κ3) is 4.78. The molecule has 1 unspecified atom stereocenters. The van der Waals surface area contributed by atoms with Gasteiger partial charge in [-0.2, -0.15) is 0 Å². The van der Waals surface area contributed by atoms with Crippen molar-refractivity contribution >= 4 is 24.0 Å². The van der Waals surface area contributed by atoms with Crippen molar-refractivity contribution in [1.29, 1.82) is 0 Å². The van der Waals surface area contributed by atoms with Crippen molar-refractivity contribution in [3.63, 3.8) is 0 Å². The van der Waals surface area contributed by atoms with Gasteiger partial charge >= 0.3 is 0 Å². The van der Waals surface area contributed by atoms with Crippen LogP contribution in [0, 0.1) is 5.82 Å². The predicted molar refractivity (Wildman–Crippen MR) is 76.2 cm³/mol. The zero-order valence-corrected chi connectivity index (χ0v) is 11.7. The molecule has 0 spiro atoms. The van der Waals surface area contributed by atoms with E-state index in [1.54, 1.807) is 12.1 Å². The lowest BCUT2D eigenvalue weighted by Crippen LogP contribution is -2.39. The Bertz CT molecular complexity index is 424. The largest absolute Gasteiger partial charge is 0.325 e. The predicted octanol–water partition coefficient (Wildman–Crippen LogP) is 1.48. The molecule has 1 fully saturated rings. The van der Waals surface area contributed by atoms with Crippen LogP contribution < -0.4 is 10.6 Å². The normalized spacial score (nSPS) is 18.2. The summed E-state index contributed by atoms with van der Waals surface area (Å²) < 4.78 is 13.0. The van der Waals surface area contributed by atoms with Crippen molar-refractivity contribution in [2.24, 2.45) is 0 Å². The van der Waals surface area contributed by atoms with Gasteiger partial charge in [-0.1, -0.05) is 6.07 Å². The number of likely N-dealkylation sites (N-methyl/N-ethyl adjacent to an activating group) is 1. The lowest BCUT2D eigenvalue weighted by Gasteiger charge is -2.22. The van der Waals surface area contributed by atoms with Crippen LogP contribution in [0.25, 0.3) is 0 Å². The fourth-order valence-corrected chi connectivity index (χ4v) is 2.14. The molecule has 1 aromatic carbocycles. The molecule has 1 atom stereocenters. The van der Waals surface area contributed by atoms with E-state index in [1.807, 2.05) is 11.9 Å². The number of halogens is 2. The number of benzene rings is 1. The zero-order chi connectivity index (χ0) is 13.0. The molecular weight excluding hydrogens is 269 g/mol. The molecule has 4 nitrogen and oxygen atoms in total. The highest BCUT2D eigenvalue weighted by molar-refractivity contribution is 5.92. The van der Waals surface area contributed by atoms with E-state index < -0.39 is 0 Å². The molecule has 0 aliphatic carbocycles. The van der Waals surface area contributed by atoms with Gasteiger partial charge in [0, 0.05) is 18.3 Å². The quantitative estimate of drug-likeness (QED) is 0.882. The second-order valence-electron chi connectivity index (χ2n) is 4.62. The van der Waals surface area contributed by atoms with Crippen LogP contribution in [0.5, 0.6) is 0 Å². The number of rotatable bonds is 4. The van der Waals surface area contributed by atoms with Gasteiger partial charge in [0.15, 0.2) is 0 Å². The molecule has 0 bridgehead atoms. The van der Waals surface area contributed by atoms with Gasteiger partial charge in [-0.15, -0.1) is 12.4 Å². The smallest absolute Gasteiger partial charge is 0.238 e. The van der Waals surface area contributed by atoms with Gasteiger partial charge in [-0.05, 0) is 38.2 Å². The second kappa shape index (κ2) is 7.43. The number of carbonyl (C=O) groups excluding carboxylic acids is 1. The van der Waals surface area contributed by atoms with E-state index in [-0.39, 0.29) is 24.1 Å². The molecule has 106 valence electrons. The molecule has 1 aliphatic rings. The Morgan fingerprint density at radius 2 is 2.37 bits per heavy atom. The van der Waals surface area contributed by atoms with Crippen LogP contribution in [-0.4, -0.2) is 43.5 Å². The van der Waals surface area contributed by atoms with Crippen LogP contribution in [-0.2, 0) is 4.79 Å². The Labute approximate surface area is 118 Å². The highest BCUT2D eigenvalue weighted by Gasteiger charge is 2.20. The number of carbonyl (C=O) groups is 1. The molecule has 1 saturated heterocycles. The topological polar surface area (TPSA) is 44.4 Å². The standard InChI is InChI=1S/C13H18FN3O.ClH/c1-17(12-5-6-15-8-12)9-13(18)16-11-4-2-3-10(14)7-11;/h2-4,7,12,15H,5-6,8-9H2,1H3,(H,16,18);1H. The number of hydrogen-bond donors (Lipinski definition) is 2. The first-order valence-electron chi connectivity index (χ1n) is 6.11. The summed E-state index contributed by atoms with van der Waals surface area (Å²) in [6.07, 6.45) is 1.06. The Hall–Kier alpha value is -1.17. The Morgan fingerprint density at radius 1 is 1.58 bits per heavy atom. The number of nitrogens with one attached hydrogen (secondary N) is 2. The lowest BCUT2D eigenvalue weighted by atomic mass is 10.2. The van der Waals surface area contributed by atoms with Gasteiger partial charge in [0.05, 0.1) is 6.54 Å². The van der Waals surface area contributed by atoms with Crippen LogP contribution in [0.2, 0.25) is 0 Å². The maximum Gasteiger partial charge on any atom is 0.238 e. The molecule has 0 aromatic heterocycles. The summed E-state index contributed by atoms with van der Waals surface area (Å²) in [6.45, 7) is 2.24. The van der Waals surface area contributed by atoms with Gasteiger partial charge in [-0.3, -0.25) is 9.69 Å². The number of nitrogens with zero attached hydrogens (tertiary/aromatic N) is 1. The highest BCUT2D eigenvalue weighted by atomic mass is 35.5. The number of amides is 1. The Balaban J connectivity index is 0.00000180. The van der Waals surface area contributed by atoms with Gasteiger partial charge in [0.2, 0.25) is 5.91 Å². The number of hydrogen-bond acceptors (Lipinski definition) is 3. The molecular formula is C13H19ClFN3O. The SMILES string of the molecule is CN(CC(=O)Nc1cccc(F)c1)C1CCNC1.Cl. The van der Waals surface area contributed by atoms with E-state index >= 15 is 0 Å². The van der Waals surface area contributed by atoms with Crippen molar-refractivity contribution in [2.45, 2.75) is 12.5 Å². The first-order valence-corrected chi connectivity index (χ1v) is 6.11. The van der Waals surface area contributed by atoms with Gasteiger partial charge < -0.3 is 10.6 Å². The third-order valence-electron chi connectivity index (χ3n) is 3.16. The highest BCUT2D eigenvalue weighted by Crippen LogP contribution is 2.10. The van der Waals surface area contributed by atoms with E-state index in [2.05, 4.69) is 10.6 Å². The zero-order valence-electron chi connectivity index (χ0n) is 10.9. The van der Waals surface area contributed by atoms with Crippen LogP contribution in [0.1, 0.15) is 6.42 Å². The van der Waals surface area contributed by atoms with E-state index in [1.165, 1.54) is 12.1 Å². The van der Waals surface area contributed by atoms with Crippen molar-refractivity contribution in [1.82, 2.24) is 10.2 Å². The maximum absolute atomic E-state index is 13.0. The summed E-state index contributed by atoms with van der Waals surface area (Å²) >= 11 is 0. The molecule has 1 amide bonds. The van der Waals surface area contributed by atoms with Crippen LogP contribution in [0.15, 0.2) is 24.3 Å². The molecule has 1 heterocycles. The molecule has 1 aliphatic heterocycles. The van der Waals surface area contributed by atoms with E-state index in [4.69, 9.17) is 0 Å². The average Bonchev–Trinajstić information content (AvgIpc) is 2.81. The lowest BCUT2D eigenvalue weighted by molar-refractivity contribution is -0.117. The van der Waals surface area contributed by atoms with Gasteiger partial charge in [0.1, 0.15) is 5.82 Å². The van der Waals surface area contributed by atoms with Crippen LogP contribution in [0.4, 0.5) is 10.1 Å². The first-order chi connectivity index (χ1) is 8.65. The average molecular weight is 288 g/mol. The van der Waals surface area contributed by atoms with Crippen LogP contribution in [0.3, 0.4) is 0 Å². The minimum Gasteiger partial charge on any atom is -0.325 e. The molecule has 19 heavy (non-hydrogen) atoms. The molecule has 2 N–H and O–H groups in total. The Kier molecular flexibility index (Phi) is 6.21. The van der Waals surface area contributed by atoms with Gasteiger partial charge in [0.25, 0.3) is 0 Å². The van der Waals surface area contributed by atoms with Crippen molar-refractivity contribution in [2.75, 3.05) is 32.0 Å². The van der Waals surface area contributed by atoms with E-state index in [9.17, 15) is 9.18 Å². The fourth-order valence-electron chi connectivity index (χ4n) is 2.14. The van der Waals surface area contributed by atoms with Crippen molar-refractivity contribution in [3.8, 4) is 0 Å². The second-order valence-corrected chi connectivity index (χ2v) is 4.62. The minimum atomic E-state index is -0.346. The number of anilines is 1. The monoisotopic (exact) mass is 287 g/mol. The summed E-state index contributed by atoms with van der Waals surface area (Å²) in [5, 5.41) is 5.96. The molecule has 1 aromatic rings. The Morgan fingerprint density at radius 3 is 3.00 bits per heavy atom. The summed E-state index contributed by atoms with van der Waals surface area (Å²) in [7, 11) is 1.93. The van der Waals surface area contributed by atoms with Crippen LogP contribution >= 0.6 is 12.4 Å². The third-order valence-corrected chi connectivity index (χ3v) is 3.16. The summed E-state index contributed by atoms with van der Waals surface area (Å²) in [6, 6.07) is 6.33. The first kappa shape index (κ1) is 15.9. The molecule has 0 radical (unpaired) electrons. The molecule has 2 rings (SSSR count). The van der Waals surface area contributed by atoms with Crippen molar-refractivity contribution < 1.29 is 9.18 Å². The van der Waals surface area contributed by atoms with E-state index in [0.29, 0.717) is 18.3 Å². The minimum absolute atomic E-state index is 0. The molecule has 6 heteroatoms. The summed E-state index contributed by atoms with van der Waals surface area (Å²) in [4.78, 5) is 13.8.